The Morgan fingerprint density at radius 3 is 2.46 bits per heavy atom. The van der Waals surface area contributed by atoms with Gasteiger partial charge in [-0.1, -0.05) is 60.7 Å². The van der Waals surface area contributed by atoms with Crippen molar-refractivity contribution >= 4 is 22.4 Å². The number of anilines is 1. The van der Waals surface area contributed by atoms with Gasteiger partial charge in [0.15, 0.2) is 5.13 Å². The summed E-state index contributed by atoms with van der Waals surface area (Å²) in [5.74, 6) is -0.749. The maximum atomic E-state index is 13.0. The molecule has 3 aromatic rings. The van der Waals surface area contributed by atoms with Gasteiger partial charge in [0.25, 0.3) is 0 Å². The maximum Gasteiger partial charge on any atom is 0.239 e. The number of carbonyl (C=O) groups excluding carboxylic acids is 1. The van der Waals surface area contributed by atoms with E-state index < -0.39 is 12.0 Å². The van der Waals surface area contributed by atoms with Gasteiger partial charge in [0.2, 0.25) is 11.9 Å². The zero-order valence-electron chi connectivity index (χ0n) is 15.1. The molecule has 1 aliphatic rings. The van der Waals surface area contributed by atoms with E-state index in [9.17, 15) is 14.9 Å². The van der Waals surface area contributed by atoms with Crippen LogP contribution in [0.1, 0.15) is 12.0 Å². The molecular weight excluding hydrogens is 374 g/mol. The summed E-state index contributed by atoms with van der Waals surface area (Å²) in [4.78, 5) is 29.9. The van der Waals surface area contributed by atoms with Crippen molar-refractivity contribution in [2.45, 2.75) is 18.9 Å². The molecule has 0 radical (unpaired) electrons. The summed E-state index contributed by atoms with van der Waals surface area (Å²) in [6.45, 7) is 0.450. The summed E-state index contributed by atoms with van der Waals surface area (Å²) in [5.41, 5.74) is 2.90. The molecule has 0 spiro atoms. The van der Waals surface area contributed by atoms with Crippen LogP contribution in [0.3, 0.4) is 0 Å². The minimum absolute atomic E-state index is 0.202. The molecule has 1 aromatic heterocycles. The van der Waals surface area contributed by atoms with Crippen LogP contribution in [0.15, 0.2) is 66.0 Å². The molecule has 2 atom stereocenters. The Hall–Kier alpha value is -3.06. The van der Waals surface area contributed by atoms with Crippen molar-refractivity contribution in [3.8, 4) is 11.3 Å². The lowest BCUT2D eigenvalue weighted by molar-refractivity contribution is -0.497. The van der Waals surface area contributed by atoms with Crippen molar-refractivity contribution in [1.82, 2.24) is 4.98 Å². The van der Waals surface area contributed by atoms with E-state index in [1.165, 1.54) is 11.3 Å². The first kappa shape index (κ1) is 18.3. The minimum atomic E-state index is -0.764. The Balaban J connectivity index is 1.57. The molecule has 1 heterocycles. The number of hydrogen-bond acceptors (Lipinski definition) is 5. The molecular formula is C21H19N3O3S. The highest BCUT2D eigenvalue weighted by Gasteiger charge is 2.55. The van der Waals surface area contributed by atoms with Gasteiger partial charge in [-0.25, -0.2) is 4.98 Å². The average Bonchev–Trinajstić information content (AvgIpc) is 3.40. The van der Waals surface area contributed by atoms with Crippen molar-refractivity contribution in [2.75, 3.05) is 11.4 Å². The highest BCUT2D eigenvalue weighted by molar-refractivity contribution is 7.14. The lowest BCUT2D eigenvalue weighted by atomic mass is 10.1. The Kier molecular flexibility index (Phi) is 5.16. The maximum absolute atomic E-state index is 13.0. The number of benzene rings is 2. The molecule has 1 aliphatic carbocycles. The van der Waals surface area contributed by atoms with Gasteiger partial charge in [0.1, 0.15) is 5.92 Å². The van der Waals surface area contributed by atoms with Crippen LogP contribution in [0, 0.1) is 16.0 Å². The highest BCUT2D eigenvalue weighted by Crippen LogP contribution is 2.37. The quantitative estimate of drug-likeness (QED) is 0.448. The molecule has 0 aliphatic heterocycles. The van der Waals surface area contributed by atoms with Gasteiger partial charge in [-0.15, -0.1) is 11.3 Å². The summed E-state index contributed by atoms with van der Waals surface area (Å²) >= 11 is 1.39. The first-order valence-electron chi connectivity index (χ1n) is 9.13. The molecule has 1 fully saturated rings. The molecule has 28 heavy (non-hydrogen) atoms. The predicted octanol–water partition coefficient (Wildman–Crippen LogP) is 4.05. The fourth-order valence-electron chi connectivity index (χ4n) is 3.20. The van der Waals surface area contributed by atoms with Crippen molar-refractivity contribution in [3.05, 3.63) is 81.7 Å². The summed E-state index contributed by atoms with van der Waals surface area (Å²) < 4.78 is 0. The van der Waals surface area contributed by atoms with Crippen LogP contribution in [-0.2, 0) is 11.2 Å². The average molecular weight is 393 g/mol. The number of nitrogens with zero attached hydrogens (tertiary/aromatic N) is 3. The van der Waals surface area contributed by atoms with E-state index in [1.807, 2.05) is 66.0 Å². The summed E-state index contributed by atoms with van der Waals surface area (Å²) in [6.07, 6.45) is 0.979. The lowest BCUT2D eigenvalue weighted by Crippen LogP contribution is -2.35. The summed E-state index contributed by atoms with van der Waals surface area (Å²) in [5, 5.41) is 13.5. The van der Waals surface area contributed by atoms with Crippen LogP contribution in [0.5, 0.6) is 0 Å². The molecule has 6 nitrogen and oxygen atoms in total. The molecule has 142 valence electrons. The molecule has 4 rings (SSSR count). The largest absolute Gasteiger partial charge is 0.287 e. The van der Waals surface area contributed by atoms with Crippen LogP contribution >= 0.6 is 11.3 Å². The third-order valence-electron chi connectivity index (χ3n) is 4.87. The van der Waals surface area contributed by atoms with Gasteiger partial charge in [-0.3, -0.25) is 19.8 Å². The first-order valence-corrected chi connectivity index (χ1v) is 10.0. The van der Waals surface area contributed by atoms with E-state index in [0.717, 1.165) is 16.8 Å². The zero-order chi connectivity index (χ0) is 19.5. The Labute approximate surface area is 166 Å². The van der Waals surface area contributed by atoms with Gasteiger partial charge in [0.05, 0.1) is 5.69 Å². The number of amides is 1. The molecule has 0 saturated heterocycles. The molecule has 7 heteroatoms. The molecule has 1 amide bonds. The summed E-state index contributed by atoms with van der Waals surface area (Å²) in [7, 11) is 0. The van der Waals surface area contributed by atoms with Gasteiger partial charge in [-0.2, -0.15) is 0 Å². The molecule has 1 saturated carbocycles. The Morgan fingerprint density at radius 2 is 1.82 bits per heavy atom. The number of thiazole rings is 1. The number of aromatic nitrogens is 1. The van der Waals surface area contributed by atoms with Crippen molar-refractivity contribution in [1.29, 1.82) is 0 Å². The van der Waals surface area contributed by atoms with Crippen LogP contribution < -0.4 is 4.90 Å². The first-order chi connectivity index (χ1) is 13.6. The van der Waals surface area contributed by atoms with Crippen molar-refractivity contribution in [2.24, 2.45) is 5.92 Å². The van der Waals surface area contributed by atoms with Crippen LogP contribution in [0.4, 0.5) is 5.13 Å². The molecule has 2 aromatic carbocycles. The third kappa shape index (κ3) is 3.94. The van der Waals surface area contributed by atoms with E-state index in [-0.39, 0.29) is 10.8 Å². The Bertz CT molecular complexity index is 975. The second-order valence-corrected chi connectivity index (χ2v) is 7.64. The number of rotatable bonds is 7. The fraction of sp³-hybridized carbons (Fsp3) is 0.238. The van der Waals surface area contributed by atoms with E-state index in [4.69, 9.17) is 0 Å². The van der Waals surface area contributed by atoms with Gasteiger partial charge < -0.3 is 0 Å². The topological polar surface area (TPSA) is 76.3 Å². The monoisotopic (exact) mass is 393 g/mol. The van der Waals surface area contributed by atoms with Crippen LogP contribution in [-0.4, -0.2) is 28.4 Å². The summed E-state index contributed by atoms with van der Waals surface area (Å²) in [6, 6.07) is 18.9. The van der Waals surface area contributed by atoms with Gasteiger partial charge in [0, 0.05) is 28.8 Å². The fourth-order valence-corrected chi connectivity index (χ4v) is 4.06. The van der Waals surface area contributed by atoms with Gasteiger partial charge >= 0.3 is 0 Å². The second kappa shape index (κ2) is 7.90. The van der Waals surface area contributed by atoms with E-state index in [2.05, 4.69) is 4.98 Å². The third-order valence-corrected chi connectivity index (χ3v) is 5.73. The molecule has 2 unspecified atom stereocenters. The van der Waals surface area contributed by atoms with Crippen molar-refractivity contribution < 1.29 is 9.72 Å². The van der Waals surface area contributed by atoms with Crippen LogP contribution in [0.25, 0.3) is 11.3 Å². The number of hydrogen-bond donors (Lipinski definition) is 0. The molecule has 0 N–H and O–H groups in total. The predicted molar refractivity (Wildman–Crippen MR) is 109 cm³/mol. The van der Waals surface area contributed by atoms with Gasteiger partial charge in [-0.05, 0) is 12.0 Å². The number of carbonyl (C=O) groups is 1. The normalized spacial score (nSPS) is 17.9. The standard InChI is InChI=1S/C21H19N3O3S/c25-20(17-13-19(17)24(26)27)23(12-11-15-7-3-1-4-8-15)21-22-18(14-28-21)16-9-5-2-6-10-16/h1-10,14,17,19H,11-13H2. The second-order valence-electron chi connectivity index (χ2n) is 6.80. The van der Waals surface area contributed by atoms with E-state index >= 15 is 0 Å². The number of nitro groups is 1. The minimum Gasteiger partial charge on any atom is -0.287 e. The zero-order valence-corrected chi connectivity index (χ0v) is 15.9. The molecule has 0 bridgehead atoms. The van der Waals surface area contributed by atoms with Crippen LogP contribution in [0.2, 0.25) is 0 Å². The highest BCUT2D eigenvalue weighted by atomic mass is 32.1. The lowest BCUT2D eigenvalue weighted by Gasteiger charge is -2.19. The smallest absolute Gasteiger partial charge is 0.239 e. The van der Waals surface area contributed by atoms with E-state index in [1.54, 1.807) is 4.90 Å². The Morgan fingerprint density at radius 1 is 1.14 bits per heavy atom. The van der Waals surface area contributed by atoms with Crippen molar-refractivity contribution in [3.63, 3.8) is 0 Å². The van der Waals surface area contributed by atoms with E-state index in [0.29, 0.717) is 24.5 Å². The SMILES string of the molecule is O=C(C1CC1[N+](=O)[O-])N(CCc1ccccc1)c1nc(-c2ccccc2)cs1.